The number of fused-ring (bicyclic) bond motifs is 4. The summed E-state index contributed by atoms with van der Waals surface area (Å²) >= 11 is 0. The van der Waals surface area contributed by atoms with E-state index in [0.29, 0.717) is 6.42 Å². The predicted octanol–water partition coefficient (Wildman–Crippen LogP) is 2.56. The monoisotopic (exact) mass is 283 g/mol. The van der Waals surface area contributed by atoms with Crippen molar-refractivity contribution in [3.63, 3.8) is 0 Å². The van der Waals surface area contributed by atoms with Crippen molar-refractivity contribution >= 4 is 11.6 Å². The number of rotatable bonds is 1. The summed E-state index contributed by atoms with van der Waals surface area (Å²) in [6.07, 6.45) is 6.52. The summed E-state index contributed by atoms with van der Waals surface area (Å²) in [6.45, 7) is 0. The number of carbonyl (C=O) groups excluding carboxylic acids is 1. The van der Waals surface area contributed by atoms with E-state index in [1.807, 2.05) is 29.2 Å². The summed E-state index contributed by atoms with van der Waals surface area (Å²) in [5, 5.41) is 0. The number of para-hydroxylation sites is 1. The SMILES string of the molecule is CO[C@@]12C=C[C@@]34CCC(=O)N3c3ccccc3[C@@H](O1)C4C2. The second-order valence-corrected chi connectivity index (χ2v) is 6.48. The van der Waals surface area contributed by atoms with Gasteiger partial charge in [0.15, 0.2) is 5.79 Å². The van der Waals surface area contributed by atoms with E-state index >= 15 is 0 Å². The first-order valence-electron chi connectivity index (χ1n) is 7.54. The Morgan fingerprint density at radius 1 is 1.33 bits per heavy atom. The topological polar surface area (TPSA) is 38.8 Å². The largest absolute Gasteiger partial charge is 0.350 e. The molecule has 0 radical (unpaired) electrons. The third-order valence-corrected chi connectivity index (χ3v) is 5.70. The van der Waals surface area contributed by atoms with E-state index in [-0.39, 0.29) is 23.5 Å². The van der Waals surface area contributed by atoms with Crippen LogP contribution in [0.4, 0.5) is 5.69 Å². The zero-order valence-electron chi connectivity index (χ0n) is 11.9. The van der Waals surface area contributed by atoms with Gasteiger partial charge in [-0.3, -0.25) is 4.79 Å². The average Bonchev–Trinajstić information content (AvgIpc) is 3.04. The van der Waals surface area contributed by atoms with Crippen LogP contribution in [0.5, 0.6) is 0 Å². The number of nitrogens with zero attached hydrogens (tertiary/aromatic N) is 1. The van der Waals surface area contributed by atoms with Crippen LogP contribution >= 0.6 is 0 Å². The fourth-order valence-electron chi connectivity index (χ4n) is 4.74. The van der Waals surface area contributed by atoms with E-state index in [1.54, 1.807) is 7.11 Å². The minimum Gasteiger partial charge on any atom is -0.350 e. The number of hydrogen-bond acceptors (Lipinski definition) is 3. The van der Waals surface area contributed by atoms with Crippen molar-refractivity contribution < 1.29 is 14.3 Å². The maximum atomic E-state index is 12.5. The van der Waals surface area contributed by atoms with Crippen LogP contribution in [-0.4, -0.2) is 24.3 Å². The van der Waals surface area contributed by atoms with Crippen molar-refractivity contribution in [3.8, 4) is 0 Å². The van der Waals surface area contributed by atoms with E-state index in [4.69, 9.17) is 9.47 Å². The number of carbonyl (C=O) groups is 1. The van der Waals surface area contributed by atoms with Crippen LogP contribution < -0.4 is 4.90 Å². The highest BCUT2D eigenvalue weighted by molar-refractivity contribution is 5.99. The van der Waals surface area contributed by atoms with Crippen LogP contribution in [0, 0.1) is 5.92 Å². The zero-order valence-corrected chi connectivity index (χ0v) is 11.9. The van der Waals surface area contributed by atoms with E-state index in [0.717, 1.165) is 24.1 Å². The summed E-state index contributed by atoms with van der Waals surface area (Å²) in [7, 11) is 1.70. The van der Waals surface area contributed by atoms with Crippen molar-refractivity contribution in [1.29, 1.82) is 0 Å². The lowest BCUT2D eigenvalue weighted by molar-refractivity contribution is -0.178. The molecule has 1 unspecified atom stereocenters. The molecule has 2 fully saturated rings. The molecule has 21 heavy (non-hydrogen) atoms. The van der Waals surface area contributed by atoms with Crippen LogP contribution in [-0.2, 0) is 14.3 Å². The predicted molar refractivity (Wildman–Crippen MR) is 76.7 cm³/mol. The highest BCUT2D eigenvalue weighted by Crippen LogP contribution is 2.62. The average molecular weight is 283 g/mol. The third-order valence-electron chi connectivity index (χ3n) is 5.70. The van der Waals surface area contributed by atoms with Crippen LogP contribution in [0.15, 0.2) is 36.4 Å². The molecule has 1 aromatic rings. The first-order chi connectivity index (χ1) is 10.2. The molecule has 4 nitrogen and oxygen atoms in total. The highest BCUT2D eigenvalue weighted by atomic mass is 16.7. The molecule has 4 atom stereocenters. The van der Waals surface area contributed by atoms with Gasteiger partial charge < -0.3 is 14.4 Å². The van der Waals surface area contributed by atoms with Gasteiger partial charge in [-0.05, 0) is 18.6 Å². The van der Waals surface area contributed by atoms with E-state index < -0.39 is 5.79 Å². The Kier molecular flexibility index (Phi) is 2.03. The zero-order chi connectivity index (χ0) is 14.2. The van der Waals surface area contributed by atoms with Crippen LogP contribution in [0.25, 0.3) is 0 Å². The number of anilines is 1. The molecule has 5 rings (SSSR count). The number of hydrogen-bond donors (Lipinski definition) is 0. The summed E-state index contributed by atoms with van der Waals surface area (Å²) < 4.78 is 12.0. The highest BCUT2D eigenvalue weighted by Gasteiger charge is 2.65. The van der Waals surface area contributed by atoms with Crippen LogP contribution in [0.1, 0.15) is 30.9 Å². The Balaban J connectivity index is 1.80. The molecule has 1 aromatic carbocycles. The molecule has 2 saturated heterocycles. The molecule has 4 heteroatoms. The van der Waals surface area contributed by atoms with Crippen molar-refractivity contribution in [3.05, 3.63) is 42.0 Å². The van der Waals surface area contributed by atoms with E-state index in [1.165, 1.54) is 0 Å². The first kappa shape index (κ1) is 12.0. The fourth-order valence-corrected chi connectivity index (χ4v) is 4.74. The maximum absolute atomic E-state index is 12.5. The van der Waals surface area contributed by atoms with Crippen molar-refractivity contribution in [2.45, 2.75) is 36.7 Å². The lowest BCUT2D eigenvalue weighted by Gasteiger charge is -2.48. The van der Waals surface area contributed by atoms with Gasteiger partial charge in [-0.1, -0.05) is 24.3 Å². The molecule has 4 aliphatic rings. The maximum Gasteiger partial charge on any atom is 0.227 e. The van der Waals surface area contributed by atoms with Gasteiger partial charge >= 0.3 is 0 Å². The number of ether oxygens (including phenoxy) is 2. The molecule has 1 amide bonds. The molecule has 0 aromatic heterocycles. The molecule has 0 N–H and O–H groups in total. The van der Waals surface area contributed by atoms with Gasteiger partial charge in [-0.25, -0.2) is 0 Å². The fraction of sp³-hybridized carbons (Fsp3) is 0.471. The lowest BCUT2D eigenvalue weighted by Crippen LogP contribution is -2.55. The molecular formula is C17H17NO3. The van der Waals surface area contributed by atoms with Gasteiger partial charge in [-0.15, -0.1) is 0 Å². The van der Waals surface area contributed by atoms with Gasteiger partial charge in [0.05, 0.1) is 17.3 Å². The van der Waals surface area contributed by atoms with E-state index in [2.05, 4.69) is 12.1 Å². The van der Waals surface area contributed by atoms with Crippen LogP contribution in [0.3, 0.4) is 0 Å². The van der Waals surface area contributed by atoms with Crippen molar-refractivity contribution in [2.75, 3.05) is 12.0 Å². The standard InChI is InChI=1S/C17H17NO3/c1-20-17-9-8-16-7-6-14(19)18(16)13-5-3-2-4-11(13)15(21-17)12(16)10-17/h2-5,8-9,12,15H,6-7,10H2,1H3/t12?,15-,16-,17+/m1/s1. The van der Waals surface area contributed by atoms with Gasteiger partial charge in [0.2, 0.25) is 5.91 Å². The van der Waals surface area contributed by atoms with Gasteiger partial charge in [-0.2, -0.15) is 0 Å². The van der Waals surface area contributed by atoms with Gasteiger partial charge in [0.25, 0.3) is 0 Å². The first-order valence-corrected chi connectivity index (χ1v) is 7.54. The summed E-state index contributed by atoms with van der Waals surface area (Å²) in [5.41, 5.74) is 1.92. The van der Waals surface area contributed by atoms with Crippen LogP contribution in [0.2, 0.25) is 0 Å². The van der Waals surface area contributed by atoms with Crippen molar-refractivity contribution in [1.82, 2.24) is 0 Å². The van der Waals surface area contributed by atoms with E-state index in [9.17, 15) is 4.79 Å². The Bertz CT molecular complexity index is 684. The molecule has 1 aliphatic carbocycles. The summed E-state index contributed by atoms with van der Waals surface area (Å²) in [5.74, 6) is -0.110. The second kappa shape index (κ2) is 3.57. The Labute approximate surface area is 123 Å². The number of methoxy groups -OCH3 is 1. The summed E-state index contributed by atoms with van der Waals surface area (Å²) in [6, 6.07) is 8.14. The molecule has 108 valence electrons. The molecule has 3 heterocycles. The van der Waals surface area contributed by atoms with Gasteiger partial charge in [0.1, 0.15) is 0 Å². The number of amides is 1. The Hall–Kier alpha value is -1.65. The molecule has 1 spiro atoms. The van der Waals surface area contributed by atoms with Gasteiger partial charge in [0, 0.05) is 31.4 Å². The molecule has 2 bridgehead atoms. The lowest BCUT2D eigenvalue weighted by atomic mass is 9.69. The third kappa shape index (κ3) is 1.22. The smallest absolute Gasteiger partial charge is 0.227 e. The Morgan fingerprint density at radius 2 is 2.19 bits per heavy atom. The molecular weight excluding hydrogens is 266 g/mol. The normalized spacial score (nSPS) is 42.1. The minimum atomic E-state index is -0.616. The molecule has 3 aliphatic heterocycles. The molecule has 0 saturated carbocycles. The van der Waals surface area contributed by atoms with Crippen molar-refractivity contribution in [2.24, 2.45) is 5.92 Å². The number of benzene rings is 1. The quantitative estimate of drug-likeness (QED) is 0.744. The second-order valence-electron chi connectivity index (χ2n) is 6.48. The minimum absolute atomic E-state index is 0.0123. The summed E-state index contributed by atoms with van der Waals surface area (Å²) in [4.78, 5) is 14.5. The Morgan fingerprint density at radius 3 is 3.05 bits per heavy atom.